The topological polar surface area (TPSA) is 52.6 Å². The zero-order chi connectivity index (χ0) is 11.1. The van der Waals surface area contributed by atoms with Gasteiger partial charge in [0.1, 0.15) is 0 Å². The summed E-state index contributed by atoms with van der Waals surface area (Å²) in [5.74, 6) is 0.152. The Morgan fingerprint density at radius 3 is 2.73 bits per heavy atom. The maximum atomic E-state index is 11.7. The average molecular weight is 214 g/mol. The Balaban J connectivity index is 2.14. The summed E-state index contributed by atoms with van der Waals surface area (Å²) >= 11 is 0. The monoisotopic (exact) mass is 214 g/mol. The van der Waals surface area contributed by atoms with Crippen LogP contribution in [-0.2, 0) is 4.79 Å². The van der Waals surface area contributed by atoms with Crippen molar-refractivity contribution < 1.29 is 9.90 Å². The lowest BCUT2D eigenvalue weighted by atomic mass is 10.3. The summed E-state index contributed by atoms with van der Waals surface area (Å²) in [4.78, 5) is 13.4. The summed E-state index contributed by atoms with van der Waals surface area (Å²) in [6.07, 6.45) is 4.01. The molecule has 1 fully saturated rings. The molecule has 1 amide bonds. The highest BCUT2D eigenvalue weighted by Gasteiger charge is 2.20. The SMILES string of the molecule is CCCN(CCO)C(=O)CCNC1CC1. The number of amides is 1. The number of nitrogens with one attached hydrogen (secondary N) is 1. The number of aliphatic hydroxyl groups excluding tert-OH is 1. The normalized spacial score (nSPS) is 15.3. The van der Waals surface area contributed by atoms with E-state index in [1.165, 1.54) is 12.8 Å². The summed E-state index contributed by atoms with van der Waals surface area (Å²) < 4.78 is 0. The molecule has 0 heterocycles. The van der Waals surface area contributed by atoms with Gasteiger partial charge in [-0.1, -0.05) is 6.92 Å². The van der Waals surface area contributed by atoms with Crippen LogP contribution in [0.4, 0.5) is 0 Å². The van der Waals surface area contributed by atoms with E-state index in [-0.39, 0.29) is 12.5 Å². The van der Waals surface area contributed by atoms with Crippen LogP contribution >= 0.6 is 0 Å². The number of hydrogen-bond donors (Lipinski definition) is 2. The second-order valence-corrected chi connectivity index (χ2v) is 4.08. The average Bonchev–Trinajstić information content (AvgIpc) is 3.01. The molecule has 0 aromatic rings. The maximum Gasteiger partial charge on any atom is 0.223 e. The molecule has 4 heteroatoms. The summed E-state index contributed by atoms with van der Waals surface area (Å²) in [5.41, 5.74) is 0. The fourth-order valence-corrected chi connectivity index (χ4v) is 1.58. The Bertz CT molecular complexity index is 187. The van der Waals surface area contributed by atoms with Gasteiger partial charge in [-0.15, -0.1) is 0 Å². The molecular weight excluding hydrogens is 192 g/mol. The van der Waals surface area contributed by atoms with E-state index in [0.29, 0.717) is 19.0 Å². The van der Waals surface area contributed by atoms with Gasteiger partial charge in [-0.25, -0.2) is 0 Å². The van der Waals surface area contributed by atoms with Gasteiger partial charge in [0.25, 0.3) is 0 Å². The van der Waals surface area contributed by atoms with Crippen molar-refractivity contribution in [1.29, 1.82) is 0 Å². The third-order valence-corrected chi connectivity index (χ3v) is 2.57. The van der Waals surface area contributed by atoms with Crippen LogP contribution in [-0.4, -0.2) is 48.2 Å². The van der Waals surface area contributed by atoms with Gasteiger partial charge in [0.2, 0.25) is 5.91 Å². The van der Waals surface area contributed by atoms with Crippen molar-refractivity contribution in [2.75, 3.05) is 26.2 Å². The van der Waals surface area contributed by atoms with E-state index >= 15 is 0 Å². The van der Waals surface area contributed by atoms with Gasteiger partial charge in [0.15, 0.2) is 0 Å². The van der Waals surface area contributed by atoms with Crippen molar-refractivity contribution >= 4 is 5.91 Å². The second kappa shape index (κ2) is 6.80. The molecule has 0 bridgehead atoms. The molecule has 0 unspecified atom stereocenters. The van der Waals surface area contributed by atoms with Crippen molar-refractivity contribution in [1.82, 2.24) is 10.2 Å². The molecule has 1 aliphatic rings. The smallest absolute Gasteiger partial charge is 0.223 e. The number of carbonyl (C=O) groups is 1. The first-order chi connectivity index (χ1) is 7.27. The Labute approximate surface area is 91.6 Å². The third-order valence-electron chi connectivity index (χ3n) is 2.57. The Kier molecular flexibility index (Phi) is 5.65. The Morgan fingerprint density at radius 2 is 2.20 bits per heavy atom. The van der Waals surface area contributed by atoms with Crippen molar-refractivity contribution in [3.63, 3.8) is 0 Å². The quantitative estimate of drug-likeness (QED) is 0.613. The lowest BCUT2D eigenvalue weighted by Gasteiger charge is -2.21. The van der Waals surface area contributed by atoms with Crippen LogP contribution in [0.2, 0.25) is 0 Å². The van der Waals surface area contributed by atoms with E-state index in [9.17, 15) is 4.79 Å². The van der Waals surface area contributed by atoms with Gasteiger partial charge < -0.3 is 15.3 Å². The predicted molar refractivity (Wildman–Crippen MR) is 59.6 cm³/mol. The zero-order valence-corrected chi connectivity index (χ0v) is 9.54. The molecule has 0 spiro atoms. The van der Waals surface area contributed by atoms with Gasteiger partial charge in [0.05, 0.1) is 6.61 Å². The van der Waals surface area contributed by atoms with E-state index in [0.717, 1.165) is 19.5 Å². The van der Waals surface area contributed by atoms with E-state index < -0.39 is 0 Å². The minimum Gasteiger partial charge on any atom is -0.395 e. The molecule has 0 aromatic heterocycles. The molecule has 0 aliphatic heterocycles. The summed E-state index contributed by atoms with van der Waals surface area (Å²) in [7, 11) is 0. The minimum absolute atomic E-state index is 0.0573. The van der Waals surface area contributed by atoms with Crippen LogP contribution in [0.25, 0.3) is 0 Å². The van der Waals surface area contributed by atoms with E-state index in [1.807, 2.05) is 6.92 Å². The maximum absolute atomic E-state index is 11.7. The van der Waals surface area contributed by atoms with Crippen LogP contribution in [0.3, 0.4) is 0 Å². The van der Waals surface area contributed by atoms with Gasteiger partial charge >= 0.3 is 0 Å². The summed E-state index contributed by atoms with van der Waals surface area (Å²) in [5, 5.41) is 12.1. The summed E-state index contributed by atoms with van der Waals surface area (Å²) in [6.45, 7) is 4.09. The minimum atomic E-state index is 0.0573. The number of rotatable bonds is 8. The molecule has 2 N–H and O–H groups in total. The number of aliphatic hydroxyl groups is 1. The number of nitrogens with zero attached hydrogens (tertiary/aromatic N) is 1. The molecule has 15 heavy (non-hydrogen) atoms. The third kappa shape index (κ3) is 5.14. The molecule has 4 nitrogen and oxygen atoms in total. The van der Waals surface area contributed by atoms with Crippen LogP contribution in [0.5, 0.6) is 0 Å². The van der Waals surface area contributed by atoms with Crippen molar-refractivity contribution in [3.8, 4) is 0 Å². The van der Waals surface area contributed by atoms with Crippen LogP contribution < -0.4 is 5.32 Å². The lowest BCUT2D eigenvalue weighted by molar-refractivity contribution is -0.131. The molecular formula is C11H22N2O2. The molecule has 1 rings (SSSR count). The van der Waals surface area contributed by atoms with Crippen LogP contribution in [0, 0.1) is 0 Å². The van der Waals surface area contributed by atoms with Gasteiger partial charge in [-0.3, -0.25) is 4.79 Å². The number of hydrogen-bond acceptors (Lipinski definition) is 3. The highest BCUT2D eigenvalue weighted by Crippen LogP contribution is 2.18. The molecule has 88 valence electrons. The van der Waals surface area contributed by atoms with Gasteiger partial charge in [-0.2, -0.15) is 0 Å². The molecule has 1 aliphatic carbocycles. The van der Waals surface area contributed by atoms with E-state index in [4.69, 9.17) is 5.11 Å². The molecule has 1 saturated carbocycles. The molecule has 0 aromatic carbocycles. The number of carbonyl (C=O) groups excluding carboxylic acids is 1. The fourth-order valence-electron chi connectivity index (χ4n) is 1.58. The van der Waals surface area contributed by atoms with Crippen LogP contribution in [0.15, 0.2) is 0 Å². The molecule has 0 radical (unpaired) electrons. The zero-order valence-electron chi connectivity index (χ0n) is 9.54. The highest BCUT2D eigenvalue weighted by molar-refractivity contribution is 5.76. The fraction of sp³-hybridized carbons (Fsp3) is 0.909. The van der Waals surface area contributed by atoms with Gasteiger partial charge in [-0.05, 0) is 19.3 Å². The molecule has 0 saturated heterocycles. The van der Waals surface area contributed by atoms with Crippen molar-refractivity contribution in [2.24, 2.45) is 0 Å². The second-order valence-electron chi connectivity index (χ2n) is 4.08. The Morgan fingerprint density at radius 1 is 1.47 bits per heavy atom. The largest absolute Gasteiger partial charge is 0.395 e. The Hall–Kier alpha value is -0.610. The first-order valence-electron chi connectivity index (χ1n) is 5.90. The summed E-state index contributed by atoms with van der Waals surface area (Å²) in [6, 6.07) is 0.662. The van der Waals surface area contributed by atoms with Crippen LogP contribution in [0.1, 0.15) is 32.6 Å². The first-order valence-corrected chi connectivity index (χ1v) is 5.90. The standard InChI is InChI=1S/C11H22N2O2/c1-2-7-13(8-9-14)11(15)5-6-12-10-3-4-10/h10,12,14H,2-9H2,1H3. The lowest BCUT2D eigenvalue weighted by Crippen LogP contribution is -2.36. The molecule has 0 atom stereocenters. The predicted octanol–water partition coefficient (Wildman–Crippen LogP) is 0.359. The van der Waals surface area contributed by atoms with Crippen molar-refractivity contribution in [2.45, 2.75) is 38.6 Å². The van der Waals surface area contributed by atoms with Gasteiger partial charge in [0, 0.05) is 32.1 Å². The van der Waals surface area contributed by atoms with E-state index in [2.05, 4.69) is 5.32 Å². The van der Waals surface area contributed by atoms with Crippen molar-refractivity contribution in [3.05, 3.63) is 0 Å². The highest BCUT2D eigenvalue weighted by atomic mass is 16.3. The first kappa shape index (κ1) is 12.5. The van der Waals surface area contributed by atoms with E-state index in [1.54, 1.807) is 4.90 Å².